The predicted molar refractivity (Wildman–Crippen MR) is 95.2 cm³/mol. The molecule has 2 spiro atoms. The summed E-state index contributed by atoms with van der Waals surface area (Å²) in [7, 11) is 0. The van der Waals surface area contributed by atoms with Crippen LogP contribution in [0.1, 0.15) is 40.5 Å². The van der Waals surface area contributed by atoms with E-state index in [4.69, 9.17) is 18.9 Å². The van der Waals surface area contributed by atoms with Gasteiger partial charge in [0.25, 0.3) is 0 Å². The van der Waals surface area contributed by atoms with Crippen LogP contribution in [0.15, 0.2) is 11.1 Å². The maximum atomic E-state index is 13.3. The monoisotopic (exact) mass is 420 g/mol. The van der Waals surface area contributed by atoms with E-state index in [1.165, 1.54) is 6.92 Å². The minimum atomic E-state index is -1.82. The second kappa shape index (κ2) is 4.92. The zero-order valence-corrected chi connectivity index (χ0v) is 17.1. The van der Waals surface area contributed by atoms with E-state index in [2.05, 4.69) is 0 Å². The van der Waals surface area contributed by atoms with E-state index in [-0.39, 0.29) is 22.5 Å². The summed E-state index contributed by atoms with van der Waals surface area (Å²) < 4.78 is 22.9. The van der Waals surface area contributed by atoms with Gasteiger partial charge in [0.2, 0.25) is 11.9 Å². The molecule has 5 unspecified atom stereocenters. The summed E-state index contributed by atoms with van der Waals surface area (Å²) in [6, 6.07) is 0. The Labute approximate surface area is 172 Å². The fraction of sp³-hybridized carbons (Fsp3) is 0.762. The zero-order chi connectivity index (χ0) is 21.6. The smallest absolute Gasteiger partial charge is 0.344 e. The average molecular weight is 420 g/mol. The van der Waals surface area contributed by atoms with Gasteiger partial charge in [-0.3, -0.25) is 0 Å². The summed E-state index contributed by atoms with van der Waals surface area (Å²) in [5.74, 6) is -2.53. The van der Waals surface area contributed by atoms with Crippen molar-refractivity contribution >= 4 is 17.9 Å². The Bertz CT molecular complexity index is 962. The number of hydrogen-bond acceptors (Lipinski definition) is 9. The first kappa shape index (κ1) is 18.8. The first-order chi connectivity index (χ1) is 13.9. The number of ether oxygens (including phenoxy) is 4. The predicted octanol–water partition coefficient (Wildman–Crippen LogP) is -0.0301. The minimum absolute atomic E-state index is 0.180. The Balaban J connectivity index is 1.67. The zero-order valence-electron chi connectivity index (χ0n) is 17.1. The van der Waals surface area contributed by atoms with Crippen molar-refractivity contribution in [3.8, 4) is 0 Å². The van der Waals surface area contributed by atoms with Gasteiger partial charge in [0, 0.05) is 11.1 Å². The highest BCUT2D eigenvalue weighted by Gasteiger charge is 2.98. The molecule has 9 heteroatoms. The van der Waals surface area contributed by atoms with Crippen LogP contribution in [0.5, 0.6) is 0 Å². The van der Waals surface area contributed by atoms with Gasteiger partial charge in [-0.05, 0) is 31.1 Å². The van der Waals surface area contributed by atoms with E-state index < -0.39 is 65.0 Å². The molecule has 2 aliphatic carbocycles. The van der Waals surface area contributed by atoms with Gasteiger partial charge < -0.3 is 29.2 Å². The molecule has 6 rings (SSSR count). The van der Waals surface area contributed by atoms with Crippen molar-refractivity contribution in [2.75, 3.05) is 0 Å². The third-order valence-corrected chi connectivity index (χ3v) is 8.31. The molecule has 162 valence electrons. The number of fused-ring (bicyclic) bond motifs is 1. The molecule has 4 aliphatic heterocycles. The molecular weight excluding hydrogens is 396 g/mol. The maximum Gasteiger partial charge on any atom is 0.344 e. The van der Waals surface area contributed by atoms with Crippen LogP contribution in [-0.2, 0) is 33.3 Å². The van der Waals surface area contributed by atoms with Crippen molar-refractivity contribution < 1.29 is 43.5 Å². The van der Waals surface area contributed by atoms with Crippen LogP contribution < -0.4 is 0 Å². The second-order valence-electron chi connectivity index (χ2n) is 10.7. The Kier molecular flexibility index (Phi) is 3.08. The highest BCUT2D eigenvalue weighted by atomic mass is 16.7. The molecule has 9 atom stereocenters. The third kappa shape index (κ3) is 1.51. The highest BCUT2D eigenvalue weighted by molar-refractivity contribution is 6.00. The second-order valence-corrected chi connectivity index (χ2v) is 10.7. The van der Waals surface area contributed by atoms with Crippen LogP contribution in [0.4, 0.5) is 0 Å². The van der Waals surface area contributed by atoms with Crippen molar-refractivity contribution in [1.29, 1.82) is 0 Å². The molecule has 5 fully saturated rings. The summed E-state index contributed by atoms with van der Waals surface area (Å²) in [4.78, 5) is 38.1. The summed E-state index contributed by atoms with van der Waals surface area (Å²) in [5.41, 5.74) is -4.45. The molecule has 0 aromatic carbocycles. The van der Waals surface area contributed by atoms with E-state index in [9.17, 15) is 24.6 Å². The lowest BCUT2D eigenvalue weighted by Gasteiger charge is -2.44. The first-order valence-electron chi connectivity index (χ1n) is 10.3. The van der Waals surface area contributed by atoms with Crippen LogP contribution in [0, 0.1) is 22.2 Å². The number of carbonyl (C=O) groups excluding carboxylic acids is 3. The van der Waals surface area contributed by atoms with E-state index >= 15 is 0 Å². The van der Waals surface area contributed by atoms with E-state index in [1.54, 1.807) is 0 Å². The normalized spacial score (nSPS) is 52.8. The number of esters is 3. The van der Waals surface area contributed by atoms with Crippen LogP contribution in [0.2, 0.25) is 0 Å². The molecule has 3 saturated heterocycles. The molecular formula is C21H24O9. The van der Waals surface area contributed by atoms with Crippen molar-refractivity contribution in [3.63, 3.8) is 0 Å². The van der Waals surface area contributed by atoms with Gasteiger partial charge in [-0.15, -0.1) is 0 Å². The molecule has 4 heterocycles. The number of rotatable bonds is 1. The van der Waals surface area contributed by atoms with Gasteiger partial charge in [0.05, 0.1) is 10.8 Å². The lowest BCUT2D eigenvalue weighted by Crippen LogP contribution is -2.61. The molecule has 2 saturated carbocycles. The SMILES string of the molecule is CC1=C2C(OC1=O)[C@@H](O)[C@]13C4C[C@H](CC(C)(C)C)C15C(OC(=O)[C@H]5O)OC23C(=O)O4. The average Bonchev–Trinajstić information content (AvgIpc) is 3.34. The van der Waals surface area contributed by atoms with Crippen LogP contribution in [0.25, 0.3) is 0 Å². The van der Waals surface area contributed by atoms with Gasteiger partial charge in [-0.2, -0.15) is 0 Å². The van der Waals surface area contributed by atoms with Gasteiger partial charge in [0.1, 0.15) is 12.2 Å². The van der Waals surface area contributed by atoms with Crippen molar-refractivity contribution in [3.05, 3.63) is 11.1 Å². The Morgan fingerprint density at radius 1 is 1.10 bits per heavy atom. The first-order valence-corrected chi connectivity index (χ1v) is 10.3. The van der Waals surface area contributed by atoms with Gasteiger partial charge >= 0.3 is 17.9 Å². The summed E-state index contributed by atoms with van der Waals surface area (Å²) >= 11 is 0. The van der Waals surface area contributed by atoms with Gasteiger partial charge in [-0.1, -0.05) is 20.8 Å². The third-order valence-electron chi connectivity index (χ3n) is 8.31. The van der Waals surface area contributed by atoms with Crippen LogP contribution >= 0.6 is 0 Å². The fourth-order valence-corrected chi connectivity index (χ4v) is 7.72. The highest BCUT2D eigenvalue weighted by Crippen LogP contribution is 2.82. The number of carbonyl (C=O) groups is 3. The van der Waals surface area contributed by atoms with Crippen LogP contribution in [0.3, 0.4) is 0 Å². The molecule has 9 nitrogen and oxygen atoms in total. The molecule has 0 bridgehead atoms. The number of aliphatic hydroxyl groups is 2. The lowest BCUT2D eigenvalue weighted by molar-refractivity contribution is -0.191. The van der Waals surface area contributed by atoms with Gasteiger partial charge in [-0.25, -0.2) is 14.4 Å². The Hall–Kier alpha value is -1.97. The molecule has 0 amide bonds. The standard InChI is InChI=1S/C21H24O9/c1-7-10-11(28-14(7)24)12(22)20-9-5-8(6-18(2,3)4)19(20)13(23)15(25)29-17(19)30-21(10,20)16(26)27-9/h8-9,11-13,17,22-23H,5-6H2,1-4H3/t8-,9?,11?,12-,13-,17?,19?,20-,21?/m1/s1. The molecule has 0 aromatic rings. The lowest BCUT2D eigenvalue weighted by atomic mass is 9.53. The molecule has 30 heavy (non-hydrogen) atoms. The molecule has 0 aromatic heterocycles. The van der Waals surface area contributed by atoms with Crippen molar-refractivity contribution in [1.82, 2.24) is 0 Å². The number of hydrogen-bond donors (Lipinski definition) is 2. The van der Waals surface area contributed by atoms with Crippen molar-refractivity contribution in [2.24, 2.45) is 22.2 Å². The van der Waals surface area contributed by atoms with Crippen LogP contribution in [-0.4, -0.2) is 64.4 Å². The quantitative estimate of drug-likeness (QED) is 0.444. The summed E-state index contributed by atoms with van der Waals surface area (Å²) in [6.07, 6.45) is -5.15. The van der Waals surface area contributed by atoms with Crippen molar-refractivity contribution in [2.45, 2.75) is 76.8 Å². The minimum Gasteiger partial charge on any atom is -0.459 e. The summed E-state index contributed by atoms with van der Waals surface area (Å²) in [6.45, 7) is 7.64. The largest absolute Gasteiger partial charge is 0.459 e. The maximum absolute atomic E-state index is 13.3. The Morgan fingerprint density at radius 2 is 1.80 bits per heavy atom. The fourth-order valence-electron chi connectivity index (χ4n) is 7.72. The topological polar surface area (TPSA) is 129 Å². The molecule has 0 radical (unpaired) electrons. The van der Waals surface area contributed by atoms with E-state index in [1.807, 2.05) is 20.8 Å². The summed E-state index contributed by atoms with van der Waals surface area (Å²) in [5, 5.41) is 22.8. The molecule has 6 aliphatic rings. The number of aliphatic hydroxyl groups excluding tert-OH is 2. The van der Waals surface area contributed by atoms with E-state index in [0.29, 0.717) is 12.8 Å². The van der Waals surface area contributed by atoms with Gasteiger partial charge in [0.15, 0.2) is 12.2 Å². The Morgan fingerprint density at radius 3 is 2.47 bits per heavy atom. The van der Waals surface area contributed by atoms with E-state index in [0.717, 1.165) is 0 Å². The molecule has 2 N–H and O–H groups in total.